The minimum absolute atomic E-state index is 0.0607. The maximum Gasteiger partial charge on any atom is 0.225 e. The molecule has 0 fully saturated rings. The second-order valence-electron chi connectivity index (χ2n) is 4.10. The molecule has 1 aromatic rings. The fourth-order valence-electron chi connectivity index (χ4n) is 1.48. The molecule has 0 aliphatic rings. The van der Waals surface area contributed by atoms with E-state index in [1.54, 1.807) is 18.3 Å². The highest BCUT2D eigenvalue weighted by molar-refractivity contribution is 6.33. The Labute approximate surface area is 107 Å². The molecule has 0 saturated carbocycles. The van der Waals surface area contributed by atoms with Crippen molar-refractivity contribution in [1.82, 2.24) is 4.98 Å². The van der Waals surface area contributed by atoms with Crippen LogP contribution in [-0.2, 0) is 4.79 Å². The van der Waals surface area contributed by atoms with Crippen molar-refractivity contribution in [2.24, 2.45) is 11.7 Å². The Balaban J connectivity index is 2.37. The van der Waals surface area contributed by atoms with Crippen LogP contribution in [0.3, 0.4) is 0 Å². The third-order valence-corrected chi connectivity index (χ3v) is 2.84. The lowest BCUT2D eigenvalue weighted by Gasteiger charge is -2.10. The number of amides is 1. The second kappa shape index (κ2) is 7.25. The van der Waals surface area contributed by atoms with E-state index in [4.69, 9.17) is 17.3 Å². The van der Waals surface area contributed by atoms with Gasteiger partial charge >= 0.3 is 0 Å². The number of nitrogens with one attached hydrogen (secondary N) is 1. The van der Waals surface area contributed by atoms with Crippen LogP contribution in [0, 0.1) is 5.92 Å². The lowest BCUT2D eigenvalue weighted by molar-refractivity contribution is -0.116. The van der Waals surface area contributed by atoms with Crippen molar-refractivity contribution in [1.29, 1.82) is 0 Å². The zero-order valence-electron chi connectivity index (χ0n) is 9.95. The molecule has 0 bridgehead atoms. The first-order valence-electron chi connectivity index (χ1n) is 5.74. The Hall–Kier alpha value is -1.13. The molecule has 1 atom stereocenters. The Bertz CT molecular complexity index is 371. The van der Waals surface area contributed by atoms with Crippen molar-refractivity contribution in [2.45, 2.75) is 26.2 Å². The highest BCUT2D eigenvalue weighted by Gasteiger charge is 2.08. The van der Waals surface area contributed by atoms with Gasteiger partial charge in [0.2, 0.25) is 5.91 Å². The summed E-state index contributed by atoms with van der Waals surface area (Å²) < 4.78 is 0. The lowest BCUT2D eigenvalue weighted by atomic mass is 10.0. The van der Waals surface area contributed by atoms with Crippen LogP contribution in [0.5, 0.6) is 0 Å². The van der Waals surface area contributed by atoms with Gasteiger partial charge in [-0.2, -0.15) is 0 Å². The number of anilines is 1. The zero-order chi connectivity index (χ0) is 12.7. The van der Waals surface area contributed by atoms with Crippen LogP contribution in [-0.4, -0.2) is 17.4 Å². The quantitative estimate of drug-likeness (QED) is 0.820. The predicted molar refractivity (Wildman–Crippen MR) is 69.9 cm³/mol. The van der Waals surface area contributed by atoms with E-state index in [0.717, 1.165) is 12.8 Å². The van der Waals surface area contributed by atoms with E-state index in [1.165, 1.54) is 0 Å². The number of carbonyl (C=O) groups excluding carboxylic acids is 1. The summed E-state index contributed by atoms with van der Waals surface area (Å²) in [5, 5.41) is 3.15. The summed E-state index contributed by atoms with van der Waals surface area (Å²) in [5.41, 5.74) is 5.45. The van der Waals surface area contributed by atoms with E-state index in [2.05, 4.69) is 17.2 Å². The summed E-state index contributed by atoms with van der Waals surface area (Å²) in [4.78, 5) is 15.6. The molecule has 1 rings (SSSR count). The van der Waals surface area contributed by atoms with E-state index in [9.17, 15) is 4.79 Å². The fraction of sp³-hybridized carbons (Fsp3) is 0.500. The number of halogens is 1. The van der Waals surface area contributed by atoms with E-state index in [-0.39, 0.29) is 5.91 Å². The van der Waals surface area contributed by atoms with Gasteiger partial charge in [0.05, 0.1) is 5.02 Å². The zero-order valence-corrected chi connectivity index (χ0v) is 10.7. The van der Waals surface area contributed by atoms with Crippen LogP contribution in [0.4, 0.5) is 5.82 Å². The summed E-state index contributed by atoms with van der Waals surface area (Å²) in [6, 6.07) is 3.42. The SMILES string of the molecule is CC(CCN)CCC(=O)Nc1ncccc1Cl. The molecule has 94 valence electrons. The average molecular weight is 256 g/mol. The summed E-state index contributed by atoms with van der Waals surface area (Å²) in [7, 11) is 0. The third kappa shape index (κ3) is 5.15. The molecule has 4 nitrogen and oxygen atoms in total. The molecule has 5 heteroatoms. The molecule has 0 radical (unpaired) electrons. The molecular weight excluding hydrogens is 238 g/mol. The molecule has 1 aromatic heterocycles. The number of nitrogens with zero attached hydrogens (tertiary/aromatic N) is 1. The number of rotatable bonds is 6. The molecule has 1 unspecified atom stereocenters. The number of aromatic nitrogens is 1. The second-order valence-corrected chi connectivity index (χ2v) is 4.51. The van der Waals surface area contributed by atoms with Crippen molar-refractivity contribution < 1.29 is 4.79 Å². The first-order valence-corrected chi connectivity index (χ1v) is 6.11. The molecule has 17 heavy (non-hydrogen) atoms. The topological polar surface area (TPSA) is 68.0 Å². The Morgan fingerprint density at radius 3 is 3.00 bits per heavy atom. The van der Waals surface area contributed by atoms with Gasteiger partial charge in [-0.05, 0) is 37.4 Å². The van der Waals surface area contributed by atoms with Crippen LogP contribution in [0.25, 0.3) is 0 Å². The smallest absolute Gasteiger partial charge is 0.225 e. The standard InChI is InChI=1S/C12H18ClN3O/c1-9(6-7-14)4-5-11(17)16-12-10(13)3-2-8-15-12/h2-3,8-9H,4-7,14H2,1H3,(H,15,16,17). The van der Waals surface area contributed by atoms with Gasteiger partial charge in [-0.1, -0.05) is 18.5 Å². The van der Waals surface area contributed by atoms with Crippen LogP contribution in [0.2, 0.25) is 5.02 Å². The van der Waals surface area contributed by atoms with Gasteiger partial charge in [0, 0.05) is 12.6 Å². The van der Waals surface area contributed by atoms with Crippen LogP contribution >= 0.6 is 11.6 Å². The minimum atomic E-state index is -0.0607. The highest BCUT2D eigenvalue weighted by atomic mass is 35.5. The molecule has 1 amide bonds. The highest BCUT2D eigenvalue weighted by Crippen LogP contribution is 2.18. The largest absolute Gasteiger partial charge is 0.330 e. The van der Waals surface area contributed by atoms with E-state index in [0.29, 0.717) is 29.7 Å². The molecule has 3 N–H and O–H groups in total. The molecule has 0 spiro atoms. The number of carbonyl (C=O) groups is 1. The van der Waals surface area contributed by atoms with Gasteiger partial charge in [0.15, 0.2) is 5.82 Å². The number of nitrogens with two attached hydrogens (primary N) is 1. The van der Waals surface area contributed by atoms with E-state index in [1.807, 2.05) is 0 Å². The Morgan fingerprint density at radius 2 is 2.35 bits per heavy atom. The van der Waals surface area contributed by atoms with Crippen molar-refractivity contribution >= 4 is 23.3 Å². The average Bonchev–Trinajstić information content (AvgIpc) is 2.30. The van der Waals surface area contributed by atoms with Gasteiger partial charge in [-0.3, -0.25) is 4.79 Å². The maximum atomic E-state index is 11.6. The van der Waals surface area contributed by atoms with Gasteiger partial charge in [-0.25, -0.2) is 4.98 Å². The summed E-state index contributed by atoms with van der Waals surface area (Å²) in [6.45, 7) is 2.75. The molecule has 1 heterocycles. The summed E-state index contributed by atoms with van der Waals surface area (Å²) in [6.07, 6.45) is 3.83. The van der Waals surface area contributed by atoms with Gasteiger partial charge in [-0.15, -0.1) is 0 Å². The van der Waals surface area contributed by atoms with Gasteiger partial charge in [0.25, 0.3) is 0 Å². The molecular formula is C12H18ClN3O. The van der Waals surface area contributed by atoms with Crippen molar-refractivity contribution in [3.63, 3.8) is 0 Å². The summed E-state index contributed by atoms with van der Waals surface area (Å²) >= 11 is 5.89. The molecule has 0 aliphatic carbocycles. The van der Waals surface area contributed by atoms with Crippen LogP contribution in [0.1, 0.15) is 26.2 Å². The van der Waals surface area contributed by atoms with Crippen LogP contribution in [0.15, 0.2) is 18.3 Å². The Morgan fingerprint density at radius 1 is 1.59 bits per heavy atom. The summed E-state index contributed by atoms with van der Waals surface area (Å²) in [5.74, 6) is 0.824. The monoisotopic (exact) mass is 255 g/mol. The molecule has 0 saturated heterocycles. The Kier molecular flexibility index (Phi) is 5.94. The third-order valence-electron chi connectivity index (χ3n) is 2.54. The fourth-order valence-corrected chi connectivity index (χ4v) is 1.65. The molecule has 0 aliphatic heterocycles. The van der Waals surface area contributed by atoms with Crippen molar-refractivity contribution in [2.75, 3.05) is 11.9 Å². The number of hydrogen-bond acceptors (Lipinski definition) is 3. The number of pyridine rings is 1. The van der Waals surface area contributed by atoms with Gasteiger partial charge in [0.1, 0.15) is 0 Å². The maximum absolute atomic E-state index is 11.6. The van der Waals surface area contributed by atoms with Crippen molar-refractivity contribution in [3.8, 4) is 0 Å². The predicted octanol–water partition coefficient (Wildman–Crippen LogP) is 2.44. The van der Waals surface area contributed by atoms with Gasteiger partial charge < -0.3 is 11.1 Å². The first kappa shape index (κ1) is 13.9. The van der Waals surface area contributed by atoms with Crippen molar-refractivity contribution in [3.05, 3.63) is 23.4 Å². The lowest BCUT2D eigenvalue weighted by Crippen LogP contribution is -2.15. The normalized spacial score (nSPS) is 12.2. The molecule has 0 aromatic carbocycles. The first-order chi connectivity index (χ1) is 8.13. The van der Waals surface area contributed by atoms with E-state index < -0.39 is 0 Å². The van der Waals surface area contributed by atoms with Crippen LogP contribution < -0.4 is 11.1 Å². The minimum Gasteiger partial charge on any atom is -0.330 e. The number of hydrogen-bond donors (Lipinski definition) is 2. The van der Waals surface area contributed by atoms with E-state index >= 15 is 0 Å².